The second-order valence-electron chi connectivity index (χ2n) is 7.11. The van der Waals surface area contributed by atoms with Crippen molar-refractivity contribution in [2.45, 2.75) is 57.8 Å². The summed E-state index contributed by atoms with van der Waals surface area (Å²) in [5.74, 6) is -3.53. The van der Waals surface area contributed by atoms with Gasteiger partial charge in [0.25, 0.3) is 0 Å². The molecule has 13 heteroatoms. The summed E-state index contributed by atoms with van der Waals surface area (Å²) in [5.41, 5.74) is 15.9. The van der Waals surface area contributed by atoms with Crippen LogP contribution < -0.4 is 33.2 Å². The lowest BCUT2D eigenvalue weighted by atomic mass is 10.0. The first kappa shape index (κ1) is 27.5. The number of hydrogen-bond donors (Lipinski definition) is 8. The van der Waals surface area contributed by atoms with E-state index in [4.69, 9.17) is 17.2 Å². The first-order valence-corrected chi connectivity index (χ1v) is 10.1. The van der Waals surface area contributed by atoms with E-state index in [0.717, 1.165) is 0 Å². The molecule has 0 aromatic heterocycles. The number of carbonyl (C=O) groups excluding carboxylic acids is 3. The SMILES string of the molecule is CC(N)C(=O)NC(C(=O)NC(CS)C(=O)NC(CCCN=C(N)N)C(=O)O)C(C)C. The largest absolute Gasteiger partial charge is 0.480 e. The number of amides is 3. The summed E-state index contributed by atoms with van der Waals surface area (Å²) in [6, 6.07) is -4.02. The number of guanidine groups is 1. The number of thiol groups is 1. The second-order valence-corrected chi connectivity index (χ2v) is 7.48. The van der Waals surface area contributed by atoms with Crippen molar-refractivity contribution in [2.24, 2.45) is 28.1 Å². The van der Waals surface area contributed by atoms with Crippen LogP contribution in [0.3, 0.4) is 0 Å². The third kappa shape index (κ3) is 10.3. The van der Waals surface area contributed by atoms with Crippen molar-refractivity contribution in [2.75, 3.05) is 12.3 Å². The average molecular weight is 448 g/mol. The molecule has 0 saturated heterocycles. The van der Waals surface area contributed by atoms with Crippen LogP contribution in [0, 0.1) is 5.92 Å². The number of nitrogens with zero attached hydrogens (tertiary/aromatic N) is 1. The number of carbonyl (C=O) groups is 4. The number of aliphatic imine (C=N–C) groups is 1. The van der Waals surface area contributed by atoms with Crippen LogP contribution in [0.4, 0.5) is 0 Å². The summed E-state index contributed by atoms with van der Waals surface area (Å²) in [7, 11) is 0. The smallest absolute Gasteiger partial charge is 0.326 e. The molecule has 0 aliphatic carbocycles. The zero-order valence-electron chi connectivity index (χ0n) is 17.4. The summed E-state index contributed by atoms with van der Waals surface area (Å²) < 4.78 is 0. The molecule has 0 radical (unpaired) electrons. The molecule has 0 rings (SSSR count). The maximum absolute atomic E-state index is 12.6. The topological polar surface area (TPSA) is 215 Å². The first-order chi connectivity index (χ1) is 13.9. The van der Waals surface area contributed by atoms with Crippen molar-refractivity contribution in [1.82, 2.24) is 16.0 Å². The van der Waals surface area contributed by atoms with Gasteiger partial charge in [-0.3, -0.25) is 19.4 Å². The molecule has 0 fully saturated rings. The van der Waals surface area contributed by atoms with E-state index < -0.39 is 47.9 Å². The Kier molecular flexibility index (Phi) is 12.5. The van der Waals surface area contributed by atoms with E-state index in [1.54, 1.807) is 13.8 Å². The van der Waals surface area contributed by atoms with Crippen LogP contribution in [-0.4, -0.2) is 71.2 Å². The molecule has 4 unspecified atom stereocenters. The molecule has 10 N–H and O–H groups in total. The van der Waals surface area contributed by atoms with Crippen molar-refractivity contribution in [1.29, 1.82) is 0 Å². The van der Waals surface area contributed by atoms with E-state index in [9.17, 15) is 24.3 Å². The number of nitrogens with one attached hydrogen (secondary N) is 3. The van der Waals surface area contributed by atoms with Gasteiger partial charge in [0.05, 0.1) is 6.04 Å². The van der Waals surface area contributed by atoms with Gasteiger partial charge >= 0.3 is 5.97 Å². The van der Waals surface area contributed by atoms with Gasteiger partial charge in [-0.25, -0.2) is 4.79 Å². The summed E-state index contributed by atoms with van der Waals surface area (Å²) in [4.78, 5) is 52.1. The van der Waals surface area contributed by atoms with Gasteiger partial charge in [0, 0.05) is 12.3 Å². The van der Waals surface area contributed by atoms with Crippen LogP contribution in [0.25, 0.3) is 0 Å². The highest BCUT2D eigenvalue weighted by atomic mass is 32.1. The Morgan fingerprint density at radius 2 is 1.53 bits per heavy atom. The maximum atomic E-state index is 12.6. The fraction of sp³-hybridized carbons (Fsp3) is 0.706. The predicted octanol–water partition coefficient (Wildman–Crippen LogP) is -2.49. The van der Waals surface area contributed by atoms with Crippen LogP contribution >= 0.6 is 12.6 Å². The quantitative estimate of drug-likeness (QED) is 0.0652. The molecule has 4 atom stereocenters. The van der Waals surface area contributed by atoms with Gasteiger partial charge in [-0.15, -0.1) is 0 Å². The highest BCUT2D eigenvalue weighted by Gasteiger charge is 2.30. The maximum Gasteiger partial charge on any atom is 0.326 e. The van der Waals surface area contributed by atoms with Crippen molar-refractivity contribution >= 4 is 42.3 Å². The molecule has 0 aliphatic rings. The zero-order valence-corrected chi connectivity index (χ0v) is 18.3. The van der Waals surface area contributed by atoms with E-state index in [0.29, 0.717) is 6.42 Å². The van der Waals surface area contributed by atoms with Crippen molar-refractivity contribution < 1.29 is 24.3 Å². The second kappa shape index (κ2) is 13.6. The molecular weight excluding hydrogens is 414 g/mol. The Hall–Kier alpha value is -2.54. The molecule has 12 nitrogen and oxygen atoms in total. The fourth-order valence-electron chi connectivity index (χ4n) is 2.31. The summed E-state index contributed by atoms with van der Waals surface area (Å²) in [6.07, 6.45) is 0.413. The molecule has 172 valence electrons. The van der Waals surface area contributed by atoms with E-state index >= 15 is 0 Å². The number of carboxylic acids is 1. The number of rotatable bonds is 13. The average Bonchev–Trinajstić information content (AvgIpc) is 2.64. The highest BCUT2D eigenvalue weighted by Crippen LogP contribution is 2.05. The fourth-order valence-corrected chi connectivity index (χ4v) is 2.57. The van der Waals surface area contributed by atoms with Crippen LogP contribution in [0.5, 0.6) is 0 Å². The molecule has 0 aromatic carbocycles. The molecular formula is C17H33N7O5S. The van der Waals surface area contributed by atoms with Gasteiger partial charge in [0.1, 0.15) is 18.1 Å². The number of aliphatic carboxylic acids is 1. The van der Waals surface area contributed by atoms with Gasteiger partial charge in [0.2, 0.25) is 17.7 Å². The summed E-state index contributed by atoms with van der Waals surface area (Å²) >= 11 is 4.06. The number of hydrogen-bond acceptors (Lipinski definition) is 7. The van der Waals surface area contributed by atoms with E-state index in [1.165, 1.54) is 6.92 Å². The van der Waals surface area contributed by atoms with E-state index in [2.05, 4.69) is 33.6 Å². The first-order valence-electron chi connectivity index (χ1n) is 9.46. The van der Waals surface area contributed by atoms with Crippen LogP contribution in [0.2, 0.25) is 0 Å². The van der Waals surface area contributed by atoms with Gasteiger partial charge < -0.3 is 38.3 Å². The molecule has 0 saturated carbocycles. The number of nitrogens with two attached hydrogens (primary N) is 3. The molecule has 30 heavy (non-hydrogen) atoms. The van der Waals surface area contributed by atoms with Gasteiger partial charge in [-0.1, -0.05) is 13.8 Å². The normalized spacial score (nSPS) is 14.7. The van der Waals surface area contributed by atoms with Crippen molar-refractivity contribution in [3.05, 3.63) is 0 Å². The Bertz CT molecular complexity index is 638. The minimum atomic E-state index is -1.23. The summed E-state index contributed by atoms with van der Waals surface area (Å²) in [5, 5.41) is 16.7. The Morgan fingerprint density at radius 3 is 1.97 bits per heavy atom. The van der Waals surface area contributed by atoms with E-state index in [1.807, 2.05) is 0 Å². The molecule has 3 amide bonds. The molecule has 0 aliphatic heterocycles. The lowest BCUT2D eigenvalue weighted by Gasteiger charge is -2.26. The monoisotopic (exact) mass is 447 g/mol. The van der Waals surface area contributed by atoms with Crippen molar-refractivity contribution in [3.8, 4) is 0 Å². The molecule has 0 spiro atoms. The number of carboxylic acid groups (broad SMARTS) is 1. The minimum Gasteiger partial charge on any atom is -0.480 e. The molecule has 0 aromatic rings. The lowest BCUT2D eigenvalue weighted by Crippen LogP contribution is -2.58. The Balaban J connectivity index is 5.03. The van der Waals surface area contributed by atoms with Crippen molar-refractivity contribution in [3.63, 3.8) is 0 Å². The van der Waals surface area contributed by atoms with Gasteiger partial charge in [0.15, 0.2) is 5.96 Å². The Morgan fingerprint density at radius 1 is 0.967 bits per heavy atom. The molecule has 0 heterocycles. The van der Waals surface area contributed by atoms with Crippen LogP contribution in [0.15, 0.2) is 4.99 Å². The van der Waals surface area contributed by atoms with E-state index in [-0.39, 0.29) is 30.6 Å². The Labute approximate surface area is 181 Å². The predicted molar refractivity (Wildman–Crippen MR) is 116 cm³/mol. The standard InChI is InChI=1S/C17H33N7O5S/c1-8(2)12(24-13(25)9(3)18)15(27)23-11(7-30)14(26)22-10(16(28)29)5-4-6-21-17(19)20/h8-12,30H,4-7,18H2,1-3H3,(H,22,26)(H,23,27)(H,24,25)(H,28,29)(H4,19,20,21). The lowest BCUT2D eigenvalue weighted by molar-refractivity contribution is -0.142. The molecule has 0 bridgehead atoms. The van der Waals surface area contributed by atoms with Gasteiger partial charge in [-0.2, -0.15) is 12.6 Å². The third-order valence-corrected chi connectivity index (χ3v) is 4.40. The van der Waals surface area contributed by atoms with Gasteiger partial charge in [-0.05, 0) is 25.7 Å². The third-order valence-electron chi connectivity index (χ3n) is 4.04. The van der Waals surface area contributed by atoms with Crippen LogP contribution in [0.1, 0.15) is 33.6 Å². The van der Waals surface area contributed by atoms with Crippen LogP contribution in [-0.2, 0) is 19.2 Å². The minimum absolute atomic E-state index is 0.0794. The highest BCUT2D eigenvalue weighted by molar-refractivity contribution is 7.80. The zero-order chi connectivity index (χ0) is 23.4. The summed E-state index contributed by atoms with van der Waals surface area (Å²) in [6.45, 7) is 5.13.